The van der Waals surface area contributed by atoms with Crippen molar-refractivity contribution in [2.24, 2.45) is 0 Å². The number of halogens is 2. The molecule has 8 heteroatoms. The molecule has 150 valence electrons. The number of rotatable bonds is 4. The maximum absolute atomic E-state index is 13.2. The highest BCUT2D eigenvalue weighted by Crippen LogP contribution is 2.37. The molecule has 0 spiro atoms. The van der Waals surface area contributed by atoms with Crippen LogP contribution in [0, 0.1) is 0 Å². The number of urea groups is 1. The number of amides is 3. The van der Waals surface area contributed by atoms with Crippen LogP contribution in [0.2, 0.25) is 10.0 Å². The third-order valence-electron chi connectivity index (χ3n) is 6.01. The molecule has 3 aliphatic heterocycles. The minimum Gasteiger partial charge on any atom is -0.333 e. The zero-order chi connectivity index (χ0) is 19.8. The van der Waals surface area contributed by atoms with Gasteiger partial charge in [-0.2, -0.15) is 0 Å². The second-order valence-electron chi connectivity index (χ2n) is 7.76. The molecule has 3 aliphatic rings. The van der Waals surface area contributed by atoms with Crippen molar-refractivity contribution in [1.82, 2.24) is 15.1 Å². The van der Waals surface area contributed by atoms with Crippen molar-refractivity contribution >= 4 is 35.1 Å². The van der Waals surface area contributed by atoms with Gasteiger partial charge >= 0.3 is 6.03 Å². The standard InChI is InChI=1S/C20H24Cl2N4O2/c1-24-16-12-26(10-9-25-7-3-2-4-8-25)19(27)17(16)18(23-20(24)28)13-5-6-14(21)15(22)11-13/h5-6,11,18H,2-4,7-10,12H2,1H3,(H,23,28)/p+1/t18-/m1/s1. The summed E-state index contributed by atoms with van der Waals surface area (Å²) >= 11 is 12.2. The third-order valence-corrected chi connectivity index (χ3v) is 6.75. The molecule has 0 aliphatic carbocycles. The summed E-state index contributed by atoms with van der Waals surface area (Å²) in [5.74, 6) is -0.00525. The smallest absolute Gasteiger partial charge is 0.322 e. The van der Waals surface area contributed by atoms with Crippen molar-refractivity contribution < 1.29 is 14.5 Å². The Hall–Kier alpha value is -1.76. The van der Waals surface area contributed by atoms with E-state index in [0.717, 1.165) is 17.8 Å². The van der Waals surface area contributed by atoms with Crippen LogP contribution in [0.4, 0.5) is 4.79 Å². The number of carbonyl (C=O) groups excluding carboxylic acids is 2. The molecule has 1 aromatic carbocycles. The molecule has 1 fully saturated rings. The lowest BCUT2D eigenvalue weighted by molar-refractivity contribution is -0.904. The lowest BCUT2D eigenvalue weighted by Gasteiger charge is -2.31. The Morgan fingerprint density at radius 2 is 1.89 bits per heavy atom. The Balaban J connectivity index is 1.56. The summed E-state index contributed by atoms with van der Waals surface area (Å²) in [6, 6.07) is 4.50. The van der Waals surface area contributed by atoms with Crippen molar-refractivity contribution in [1.29, 1.82) is 0 Å². The topological polar surface area (TPSA) is 57.1 Å². The first-order valence-corrected chi connectivity index (χ1v) is 10.6. The number of carbonyl (C=O) groups is 2. The zero-order valence-electron chi connectivity index (χ0n) is 15.9. The van der Waals surface area contributed by atoms with Crippen LogP contribution < -0.4 is 10.2 Å². The second-order valence-corrected chi connectivity index (χ2v) is 8.58. The summed E-state index contributed by atoms with van der Waals surface area (Å²) in [6.45, 7) is 4.50. The van der Waals surface area contributed by atoms with E-state index in [4.69, 9.17) is 23.2 Å². The summed E-state index contributed by atoms with van der Waals surface area (Å²) in [5, 5.41) is 3.79. The number of nitrogens with zero attached hydrogens (tertiary/aromatic N) is 2. The first kappa shape index (κ1) is 19.6. The number of hydrogen-bond donors (Lipinski definition) is 2. The molecular weight excluding hydrogens is 399 g/mol. The highest BCUT2D eigenvalue weighted by atomic mass is 35.5. The lowest BCUT2D eigenvalue weighted by Crippen LogP contribution is -3.13. The van der Waals surface area contributed by atoms with Gasteiger partial charge < -0.3 is 15.1 Å². The average Bonchev–Trinajstić information content (AvgIpc) is 3.03. The van der Waals surface area contributed by atoms with E-state index in [1.165, 1.54) is 32.4 Å². The fourth-order valence-electron chi connectivity index (χ4n) is 4.34. The van der Waals surface area contributed by atoms with Gasteiger partial charge in [0.2, 0.25) is 0 Å². The maximum atomic E-state index is 13.2. The summed E-state index contributed by atoms with van der Waals surface area (Å²) in [5.41, 5.74) is 2.17. The molecule has 6 nitrogen and oxygen atoms in total. The molecule has 4 rings (SSSR count). The van der Waals surface area contributed by atoms with Gasteiger partial charge in [0.1, 0.15) is 0 Å². The van der Waals surface area contributed by atoms with E-state index in [1.54, 1.807) is 29.0 Å². The van der Waals surface area contributed by atoms with Crippen LogP contribution in [0.15, 0.2) is 29.5 Å². The molecule has 1 aromatic rings. The van der Waals surface area contributed by atoms with Crippen LogP contribution in [-0.4, -0.2) is 61.5 Å². The molecule has 0 unspecified atom stereocenters. The number of piperidine rings is 1. The van der Waals surface area contributed by atoms with E-state index < -0.39 is 6.04 Å². The Bertz CT molecular complexity index is 835. The Kier molecular flexibility index (Phi) is 5.54. The van der Waals surface area contributed by atoms with Crippen molar-refractivity contribution in [2.75, 3.05) is 39.8 Å². The summed E-state index contributed by atoms with van der Waals surface area (Å²) in [4.78, 5) is 30.7. The normalized spacial score (nSPS) is 23.3. The molecule has 3 amide bonds. The third kappa shape index (κ3) is 3.61. The van der Waals surface area contributed by atoms with Crippen LogP contribution in [0.1, 0.15) is 30.9 Å². The van der Waals surface area contributed by atoms with Gasteiger partial charge in [0, 0.05) is 7.05 Å². The Labute approximate surface area is 175 Å². The molecule has 1 atom stereocenters. The monoisotopic (exact) mass is 423 g/mol. The fraction of sp³-hybridized carbons (Fsp3) is 0.500. The maximum Gasteiger partial charge on any atom is 0.322 e. The molecule has 28 heavy (non-hydrogen) atoms. The van der Waals surface area contributed by atoms with E-state index in [-0.39, 0.29) is 11.9 Å². The minimum atomic E-state index is -0.506. The molecule has 1 saturated heterocycles. The Morgan fingerprint density at radius 1 is 1.14 bits per heavy atom. The quantitative estimate of drug-likeness (QED) is 0.776. The molecule has 0 saturated carbocycles. The highest BCUT2D eigenvalue weighted by molar-refractivity contribution is 6.42. The molecule has 0 bridgehead atoms. The van der Waals surface area contributed by atoms with Crippen molar-refractivity contribution in [2.45, 2.75) is 25.3 Å². The van der Waals surface area contributed by atoms with Gasteiger partial charge in [-0.15, -0.1) is 0 Å². The zero-order valence-corrected chi connectivity index (χ0v) is 17.4. The molecule has 3 heterocycles. The molecule has 0 radical (unpaired) electrons. The SMILES string of the molecule is CN1C(=O)N[C@H](c2ccc(Cl)c(Cl)c2)C2=C1CN(CC[NH+]1CCCCC1)C2=O. The number of likely N-dealkylation sites (tertiary alicyclic amines) is 1. The first-order valence-electron chi connectivity index (χ1n) is 9.80. The van der Waals surface area contributed by atoms with E-state index >= 15 is 0 Å². The summed E-state index contributed by atoms with van der Waals surface area (Å²) in [7, 11) is 1.71. The van der Waals surface area contributed by atoms with Crippen molar-refractivity contribution in [3.63, 3.8) is 0 Å². The van der Waals surface area contributed by atoms with Gasteiger partial charge in [-0.05, 0) is 37.0 Å². The molecule has 0 aromatic heterocycles. The predicted octanol–water partition coefficient (Wildman–Crippen LogP) is 1.85. The van der Waals surface area contributed by atoms with Gasteiger partial charge in [0.25, 0.3) is 5.91 Å². The van der Waals surface area contributed by atoms with E-state index in [1.807, 2.05) is 11.0 Å². The van der Waals surface area contributed by atoms with Gasteiger partial charge in [0.05, 0.1) is 60.1 Å². The number of hydrogen-bond acceptors (Lipinski definition) is 2. The van der Waals surface area contributed by atoms with Gasteiger partial charge in [-0.25, -0.2) is 4.79 Å². The van der Waals surface area contributed by atoms with Crippen molar-refractivity contribution in [3.05, 3.63) is 45.1 Å². The number of benzene rings is 1. The Morgan fingerprint density at radius 3 is 2.61 bits per heavy atom. The van der Waals surface area contributed by atoms with Gasteiger partial charge in [0.15, 0.2) is 0 Å². The first-order chi connectivity index (χ1) is 13.5. The van der Waals surface area contributed by atoms with Crippen LogP contribution in [0.25, 0.3) is 0 Å². The van der Waals surface area contributed by atoms with Gasteiger partial charge in [-0.3, -0.25) is 9.69 Å². The van der Waals surface area contributed by atoms with Crippen LogP contribution in [0.3, 0.4) is 0 Å². The van der Waals surface area contributed by atoms with Gasteiger partial charge in [-0.1, -0.05) is 29.3 Å². The van der Waals surface area contributed by atoms with Crippen molar-refractivity contribution in [3.8, 4) is 0 Å². The minimum absolute atomic E-state index is 0.00525. The molecular formula is C20H25Cl2N4O2+. The number of quaternary nitrogens is 1. The average molecular weight is 424 g/mol. The van der Waals surface area contributed by atoms with Crippen LogP contribution >= 0.6 is 23.2 Å². The van der Waals surface area contributed by atoms with Crippen LogP contribution in [0.5, 0.6) is 0 Å². The van der Waals surface area contributed by atoms with E-state index in [0.29, 0.717) is 28.7 Å². The van der Waals surface area contributed by atoms with E-state index in [2.05, 4.69) is 5.32 Å². The van der Waals surface area contributed by atoms with Crippen LogP contribution in [-0.2, 0) is 4.79 Å². The highest BCUT2D eigenvalue weighted by Gasteiger charge is 2.43. The number of nitrogens with one attached hydrogen (secondary N) is 2. The largest absolute Gasteiger partial charge is 0.333 e. The van der Waals surface area contributed by atoms with E-state index in [9.17, 15) is 9.59 Å². The molecule has 2 N–H and O–H groups in total. The second kappa shape index (κ2) is 7.93. The lowest BCUT2D eigenvalue weighted by atomic mass is 9.96. The number of likely N-dealkylation sites (N-methyl/N-ethyl adjacent to an activating group) is 1. The summed E-state index contributed by atoms with van der Waals surface area (Å²) < 4.78 is 0. The predicted molar refractivity (Wildman–Crippen MR) is 109 cm³/mol. The fourth-order valence-corrected chi connectivity index (χ4v) is 4.65. The summed E-state index contributed by atoms with van der Waals surface area (Å²) in [6.07, 6.45) is 3.84.